The monoisotopic (exact) mass is 318 g/mol. The SMILES string of the molecule is COC(=O)c1ccc(Cn2nnc(-c3ccccc3Cl)n2)o1. The number of tetrazole rings is 1. The average Bonchev–Trinajstić information content (AvgIpc) is 3.17. The van der Waals surface area contributed by atoms with Gasteiger partial charge in [-0.3, -0.25) is 0 Å². The van der Waals surface area contributed by atoms with Crippen LogP contribution in [-0.2, 0) is 11.3 Å². The molecule has 3 rings (SSSR count). The molecule has 0 aliphatic rings. The van der Waals surface area contributed by atoms with E-state index in [1.807, 2.05) is 18.2 Å². The van der Waals surface area contributed by atoms with Crippen molar-refractivity contribution in [2.24, 2.45) is 0 Å². The summed E-state index contributed by atoms with van der Waals surface area (Å²) in [5.41, 5.74) is 0.699. The molecule has 7 nitrogen and oxygen atoms in total. The van der Waals surface area contributed by atoms with E-state index in [9.17, 15) is 4.79 Å². The summed E-state index contributed by atoms with van der Waals surface area (Å²) in [5.74, 6) is 0.535. The van der Waals surface area contributed by atoms with Crippen LogP contribution in [0.1, 0.15) is 16.3 Å². The first-order chi connectivity index (χ1) is 10.7. The van der Waals surface area contributed by atoms with Gasteiger partial charge in [0.25, 0.3) is 0 Å². The van der Waals surface area contributed by atoms with Crippen LogP contribution in [0.3, 0.4) is 0 Å². The largest absolute Gasteiger partial charge is 0.463 e. The number of ether oxygens (including phenoxy) is 1. The number of halogens is 1. The van der Waals surface area contributed by atoms with Crippen molar-refractivity contribution in [2.45, 2.75) is 6.54 Å². The Bertz CT molecular complexity index is 812. The van der Waals surface area contributed by atoms with Crippen LogP contribution in [0.25, 0.3) is 11.4 Å². The summed E-state index contributed by atoms with van der Waals surface area (Å²) >= 11 is 6.10. The Morgan fingerprint density at radius 3 is 2.91 bits per heavy atom. The Balaban J connectivity index is 1.79. The van der Waals surface area contributed by atoms with E-state index in [1.165, 1.54) is 18.0 Å². The predicted molar refractivity (Wildman–Crippen MR) is 77.4 cm³/mol. The van der Waals surface area contributed by atoms with Crippen molar-refractivity contribution in [3.63, 3.8) is 0 Å². The smallest absolute Gasteiger partial charge is 0.373 e. The van der Waals surface area contributed by atoms with Crippen molar-refractivity contribution in [2.75, 3.05) is 7.11 Å². The molecule has 8 heteroatoms. The normalized spacial score (nSPS) is 10.6. The number of nitrogens with zero attached hydrogens (tertiary/aromatic N) is 4. The topological polar surface area (TPSA) is 83.0 Å². The van der Waals surface area contributed by atoms with Crippen molar-refractivity contribution in [3.05, 3.63) is 52.9 Å². The standard InChI is InChI=1S/C14H11ClN4O3/c1-21-14(20)12-7-6-9(22-12)8-19-17-13(16-18-19)10-4-2-3-5-11(10)15/h2-7H,8H2,1H3. The van der Waals surface area contributed by atoms with E-state index >= 15 is 0 Å². The Morgan fingerprint density at radius 2 is 2.14 bits per heavy atom. The Hall–Kier alpha value is -2.67. The fourth-order valence-electron chi connectivity index (χ4n) is 1.87. The first-order valence-corrected chi connectivity index (χ1v) is 6.75. The molecule has 0 radical (unpaired) electrons. The number of methoxy groups -OCH3 is 1. The number of carbonyl (C=O) groups excluding carboxylic acids is 1. The van der Waals surface area contributed by atoms with Gasteiger partial charge in [-0.1, -0.05) is 23.7 Å². The minimum absolute atomic E-state index is 0.129. The molecule has 0 aliphatic carbocycles. The number of rotatable bonds is 4. The molecule has 0 N–H and O–H groups in total. The fraction of sp³-hybridized carbons (Fsp3) is 0.143. The molecule has 0 amide bonds. The van der Waals surface area contributed by atoms with Gasteiger partial charge >= 0.3 is 5.97 Å². The third-order valence-corrected chi connectivity index (χ3v) is 3.24. The van der Waals surface area contributed by atoms with Crippen LogP contribution >= 0.6 is 11.6 Å². The number of hydrogen-bond acceptors (Lipinski definition) is 6. The van der Waals surface area contributed by atoms with Crippen LogP contribution in [0.2, 0.25) is 5.02 Å². The molecule has 2 aromatic heterocycles. The van der Waals surface area contributed by atoms with E-state index in [0.29, 0.717) is 22.2 Å². The summed E-state index contributed by atoms with van der Waals surface area (Å²) < 4.78 is 9.93. The lowest BCUT2D eigenvalue weighted by Crippen LogP contribution is -2.03. The third-order valence-electron chi connectivity index (χ3n) is 2.91. The second-order valence-electron chi connectivity index (χ2n) is 4.38. The lowest BCUT2D eigenvalue weighted by Gasteiger charge is -1.97. The van der Waals surface area contributed by atoms with Crippen molar-refractivity contribution in [3.8, 4) is 11.4 Å². The van der Waals surface area contributed by atoms with Crippen LogP contribution in [-0.4, -0.2) is 33.3 Å². The van der Waals surface area contributed by atoms with Crippen LogP contribution in [0.15, 0.2) is 40.8 Å². The van der Waals surface area contributed by atoms with Crippen LogP contribution < -0.4 is 0 Å². The van der Waals surface area contributed by atoms with E-state index in [4.69, 9.17) is 16.0 Å². The molecule has 1 aromatic carbocycles. The molecular formula is C14H11ClN4O3. The molecule has 0 saturated heterocycles. The molecule has 0 aliphatic heterocycles. The molecule has 0 bridgehead atoms. The predicted octanol–water partition coefficient (Wildman–Crippen LogP) is 2.42. The fourth-order valence-corrected chi connectivity index (χ4v) is 2.09. The van der Waals surface area contributed by atoms with Gasteiger partial charge in [0, 0.05) is 5.56 Å². The summed E-state index contributed by atoms with van der Waals surface area (Å²) in [4.78, 5) is 12.7. The molecule has 112 valence electrons. The average molecular weight is 319 g/mol. The van der Waals surface area contributed by atoms with E-state index in [-0.39, 0.29) is 12.3 Å². The maximum absolute atomic E-state index is 11.3. The highest BCUT2D eigenvalue weighted by molar-refractivity contribution is 6.33. The lowest BCUT2D eigenvalue weighted by molar-refractivity contribution is 0.0562. The van der Waals surface area contributed by atoms with E-state index in [1.54, 1.807) is 12.1 Å². The molecule has 0 fully saturated rings. The molecule has 3 aromatic rings. The highest BCUT2D eigenvalue weighted by atomic mass is 35.5. The maximum Gasteiger partial charge on any atom is 0.373 e. The van der Waals surface area contributed by atoms with Crippen molar-refractivity contribution < 1.29 is 13.9 Å². The summed E-state index contributed by atoms with van der Waals surface area (Å²) in [6.07, 6.45) is 0. The number of furan rings is 1. The van der Waals surface area contributed by atoms with Gasteiger partial charge in [-0.25, -0.2) is 4.79 Å². The van der Waals surface area contributed by atoms with Gasteiger partial charge in [-0.05, 0) is 29.5 Å². The highest BCUT2D eigenvalue weighted by Crippen LogP contribution is 2.23. The summed E-state index contributed by atoms with van der Waals surface area (Å²) in [6, 6.07) is 10.4. The zero-order valence-corrected chi connectivity index (χ0v) is 12.3. The number of aromatic nitrogens is 4. The Morgan fingerprint density at radius 1 is 1.32 bits per heavy atom. The van der Waals surface area contributed by atoms with Gasteiger partial charge in [-0.15, -0.1) is 10.2 Å². The Kier molecular flexibility index (Phi) is 3.88. The number of benzene rings is 1. The maximum atomic E-state index is 11.3. The van der Waals surface area contributed by atoms with Gasteiger partial charge in [0.15, 0.2) is 0 Å². The van der Waals surface area contributed by atoms with Gasteiger partial charge in [0.1, 0.15) is 12.3 Å². The molecule has 2 heterocycles. The molecular weight excluding hydrogens is 308 g/mol. The van der Waals surface area contributed by atoms with E-state index in [0.717, 1.165) is 0 Å². The number of esters is 1. The van der Waals surface area contributed by atoms with Gasteiger partial charge in [0.05, 0.1) is 12.1 Å². The highest BCUT2D eigenvalue weighted by Gasteiger charge is 2.13. The quantitative estimate of drug-likeness (QED) is 0.687. The van der Waals surface area contributed by atoms with E-state index in [2.05, 4.69) is 20.1 Å². The molecule has 0 unspecified atom stereocenters. The second kappa shape index (κ2) is 5.98. The second-order valence-corrected chi connectivity index (χ2v) is 4.79. The van der Waals surface area contributed by atoms with Gasteiger partial charge in [-0.2, -0.15) is 4.80 Å². The Labute approximate surface area is 130 Å². The van der Waals surface area contributed by atoms with Crippen LogP contribution in [0.5, 0.6) is 0 Å². The van der Waals surface area contributed by atoms with Crippen molar-refractivity contribution in [1.82, 2.24) is 20.2 Å². The zero-order chi connectivity index (χ0) is 15.5. The van der Waals surface area contributed by atoms with Gasteiger partial charge < -0.3 is 9.15 Å². The van der Waals surface area contributed by atoms with Crippen molar-refractivity contribution in [1.29, 1.82) is 0 Å². The minimum Gasteiger partial charge on any atom is -0.463 e. The number of hydrogen-bond donors (Lipinski definition) is 0. The first-order valence-electron chi connectivity index (χ1n) is 6.37. The molecule has 0 spiro atoms. The summed E-state index contributed by atoms with van der Waals surface area (Å²) in [5, 5.41) is 12.7. The minimum atomic E-state index is -0.533. The van der Waals surface area contributed by atoms with Crippen molar-refractivity contribution >= 4 is 17.6 Å². The van der Waals surface area contributed by atoms with E-state index < -0.39 is 5.97 Å². The summed E-state index contributed by atoms with van der Waals surface area (Å²) in [7, 11) is 1.29. The molecule has 0 saturated carbocycles. The van der Waals surface area contributed by atoms with Gasteiger partial charge in [0.2, 0.25) is 11.6 Å². The van der Waals surface area contributed by atoms with Crippen LogP contribution in [0.4, 0.5) is 0 Å². The summed E-state index contributed by atoms with van der Waals surface area (Å²) in [6.45, 7) is 0.244. The molecule has 0 atom stereocenters. The molecule has 22 heavy (non-hydrogen) atoms. The first kappa shape index (κ1) is 14.3. The van der Waals surface area contributed by atoms with Crippen LogP contribution in [0, 0.1) is 0 Å². The number of carbonyl (C=O) groups is 1. The third kappa shape index (κ3) is 2.84. The zero-order valence-electron chi connectivity index (χ0n) is 11.6. The lowest BCUT2D eigenvalue weighted by atomic mass is 10.2.